The summed E-state index contributed by atoms with van der Waals surface area (Å²) >= 11 is 0. The van der Waals surface area contributed by atoms with Crippen molar-refractivity contribution in [1.82, 2.24) is 19.2 Å². The number of rotatable bonds is 7. The van der Waals surface area contributed by atoms with Crippen molar-refractivity contribution in [3.8, 4) is 6.07 Å². The van der Waals surface area contributed by atoms with E-state index in [1.54, 1.807) is 25.9 Å². The van der Waals surface area contributed by atoms with Gasteiger partial charge in [-0.05, 0) is 12.1 Å². The number of nitrogens with one attached hydrogen (secondary N) is 1. The fourth-order valence-electron chi connectivity index (χ4n) is 1.29. The quantitative estimate of drug-likeness (QED) is 0.726. The molecule has 9 nitrogen and oxygen atoms in total. The smallest absolute Gasteiger partial charge is 0.279 e. The monoisotopic (exact) mass is 302 g/mol. The molecule has 1 aromatic heterocycles. The van der Waals surface area contributed by atoms with Gasteiger partial charge >= 0.3 is 0 Å². The second-order valence-corrected chi connectivity index (χ2v) is 6.38. The topological polar surface area (TPSA) is 115 Å². The average Bonchev–Trinajstić information content (AvgIpc) is 2.85. The summed E-state index contributed by atoms with van der Waals surface area (Å²) in [5.74, 6) is 0.144. The minimum Gasteiger partial charge on any atom is -0.344 e. The van der Waals surface area contributed by atoms with Gasteiger partial charge in [-0.1, -0.05) is 0 Å². The highest BCUT2D eigenvalue weighted by atomic mass is 32.2. The van der Waals surface area contributed by atoms with Gasteiger partial charge in [0.1, 0.15) is 0 Å². The summed E-state index contributed by atoms with van der Waals surface area (Å²) in [6.45, 7) is 1.65. The van der Waals surface area contributed by atoms with Gasteiger partial charge in [-0.2, -0.15) is 27.7 Å². The van der Waals surface area contributed by atoms with Crippen molar-refractivity contribution in [2.24, 2.45) is 5.92 Å². The van der Waals surface area contributed by atoms with Crippen molar-refractivity contribution in [2.75, 3.05) is 32.6 Å². The lowest BCUT2D eigenvalue weighted by Crippen LogP contribution is -2.39. The molecule has 1 N–H and O–H groups in total. The number of hydrogen-bond acceptors (Lipinski definition) is 7. The molecule has 0 unspecified atom stereocenters. The zero-order chi connectivity index (χ0) is 15.3. The van der Waals surface area contributed by atoms with Gasteiger partial charge in [0.25, 0.3) is 16.2 Å². The van der Waals surface area contributed by atoms with E-state index >= 15 is 0 Å². The average molecular weight is 302 g/mol. The Kier molecular flexibility index (Phi) is 5.43. The van der Waals surface area contributed by atoms with Crippen LogP contribution in [-0.4, -0.2) is 50.6 Å². The maximum absolute atomic E-state index is 11.9. The van der Waals surface area contributed by atoms with Gasteiger partial charge in [0.05, 0.1) is 18.5 Å². The summed E-state index contributed by atoms with van der Waals surface area (Å²) in [5, 5.41) is 12.4. The highest BCUT2D eigenvalue weighted by molar-refractivity contribution is 7.87. The molecule has 0 radical (unpaired) electrons. The Bertz CT molecular complexity index is 576. The molecule has 112 valence electrons. The molecule has 0 fully saturated rings. The minimum atomic E-state index is -3.68. The molecule has 0 saturated carbocycles. The van der Waals surface area contributed by atoms with E-state index in [1.807, 2.05) is 6.07 Å². The van der Waals surface area contributed by atoms with E-state index in [0.717, 1.165) is 4.31 Å². The molecule has 1 rings (SSSR count). The second-order valence-electron chi connectivity index (χ2n) is 4.52. The van der Waals surface area contributed by atoms with Gasteiger partial charge in [0.2, 0.25) is 5.89 Å². The molecule has 0 aromatic carbocycles. The van der Waals surface area contributed by atoms with Gasteiger partial charge in [-0.3, -0.25) is 0 Å². The number of aromatic nitrogens is 2. The fraction of sp³-hybridized carbons (Fsp3) is 0.700. The molecule has 0 aliphatic carbocycles. The molecule has 10 heteroatoms. The van der Waals surface area contributed by atoms with E-state index in [9.17, 15) is 8.42 Å². The van der Waals surface area contributed by atoms with Gasteiger partial charge in [-0.15, -0.1) is 0 Å². The van der Waals surface area contributed by atoms with Crippen LogP contribution in [0.3, 0.4) is 0 Å². The van der Waals surface area contributed by atoms with Crippen LogP contribution in [0.2, 0.25) is 0 Å². The lowest BCUT2D eigenvalue weighted by molar-refractivity contribution is 0.370. The van der Waals surface area contributed by atoms with Crippen LogP contribution in [0.1, 0.15) is 12.8 Å². The molecule has 0 aliphatic rings. The predicted molar refractivity (Wildman–Crippen MR) is 71.8 cm³/mol. The minimum absolute atomic E-state index is 0.103. The summed E-state index contributed by atoms with van der Waals surface area (Å²) in [7, 11) is 1.21. The van der Waals surface area contributed by atoms with Crippen LogP contribution >= 0.6 is 0 Å². The standard InChI is InChI=1S/C10H18N6O3S/c1-8(5-11)7-16(4)20(17,18)12-6-9-13-10(14-19-9)15(2)3/h8,12H,6-7H2,1-4H3/t8-/m1/s1. The van der Waals surface area contributed by atoms with Crippen LogP contribution in [0.25, 0.3) is 0 Å². The van der Waals surface area contributed by atoms with Crippen molar-refractivity contribution in [3.63, 3.8) is 0 Å². The van der Waals surface area contributed by atoms with E-state index in [4.69, 9.17) is 9.78 Å². The first-order valence-electron chi connectivity index (χ1n) is 5.86. The molecule has 1 aromatic rings. The van der Waals surface area contributed by atoms with Gasteiger partial charge in [0, 0.05) is 27.7 Å². The third-order valence-corrected chi connectivity index (χ3v) is 3.90. The largest absolute Gasteiger partial charge is 0.344 e. The van der Waals surface area contributed by atoms with Crippen molar-refractivity contribution < 1.29 is 12.9 Å². The molecule has 20 heavy (non-hydrogen) atoms. The van der Waals surface area contributed by atoms with Crippen molar-refractivity contribution in [2.45, 2.75) is 13.5 Å². The lowest BCUT2D eigenvalue weighted by Gasteiger charge is -2.17. The fourth-order valence-corrected chi connectivity index (χ4v) is 2.23. The van der Waals surface area contributed by atoms with Gasteiger partial charge < -0.3 is 9.42 Å². The van der Waals surface area contributed by atoms with E-state index in [1.165, 1.54) is 7.05 Å². The predicted octanol–water partition coefficient (Wildman–Crippen LogP) is -0.439. The summed E-state index contributed by atoms with van der Waals surface area (Å²) in [4.78, 5) is 5.64. The molecule has 0 aliphatic heterocycles. The van der Waals surface area contributed by atoms with Crippen LogP contribution in [0.15, 0.2) is 4.52 Å². The van der Waals surface area contributed by atoms with E-state index < -0.39 is 10.2 Å². The molecular formula is C10H18N6O3S. The van der Waals surface area contributed by atoms with Crippen LogP contribution in [0, 0.1) is 17.2 Å². The number of anilines is 1. The number of nitrogens with zero attached hydrogens (tertiary/aromatic N) is 5. The Morgan fingerprint density at radius 2 is 2.10 bits per heavy atom. The van der Waals surface area contributed by atoms with Crippen LogP contribution in [0.5, 0.6) is 0 Å². The van der Waals surface area contributed by atoms with Crippen molar-refractivity contribution in [3.05, 3.63) is 5.89 Å². The maximum Gasteiger partial charge on any atom is 0.279 e. The third-order valence-electron chi connectivity index (χ3n) is 2.42. The molecule has 0 bridgehead atoms. The van der Waals surface area contributed by atoms with Crippen LogP contribution in [-0.2, 0) is 16.8 Å². The molecule has 1 atom stereocenters. The summed E-state index contributed by atoms with van der Waals surface area (Å²) in [6.07, 6.45) is 0. The zero-order valence-electron chi connectivity index (χ0n) is 11.9. The van der Waals surface area contributed by atoms with E-state index in [-0.39, 0.29) is 24.9 Å². The first-order valence-corrected chi connectivity index (χ1v) is 7.30. The number of hydrogen-bond donors (Lipinski definition) is 1. The zero-order valence-corrected chi connectivity index (χ0v) is 12.7. The molecule has 0 amide bonds. The summed E-state index contributed by atoms with van der Waals surface area (Å²) < 4.78 is 32.1. The Morgan fingerprint density at radius 3 is 2.60 bits per heavy atom. The van der Waals surface area contributed by atoms with E-state index in [2.05, 4.69) is 14.9 Å². The van der Waals surface area contributed by atoms with Crippen LogP contribution < -0.4 is 9.62 Å². The van der Waals surface area contributed by atoms with Gasteiger partial charge in [-0.25, -0.2) is 0 Å². The lowest BCUT2D eigenvalue weighted by atomic mass is 10.2. The maximum atomic E-state index is 11.9. The molecule has 1 heterocycles. The normalized spacial score (nSPS) is 13.2. The first-order chi connectivity index (χ1) is 9.26. The Labute approximate surface area is 118 Å². The number of nitriles is 1. The Balaban J connectivity index is 2.60. The highest BCUT2D eigenvalue weighted by Gasteiger charge is 2.20. The summed E-state index contributed by atoms with van der Waals surface area (Å²) in [5.41, 5.74) is 0. The van der Waals surface area contributed by atoms with E-state index in [0.29, 0.717) is 5.95 Å². The van der Waals surface area contributed by atoms with Crippen LogP contribution in [0.4, 0.5) is 5.95 Å². The second kappa shape index (κ2) is 6.65. The molecule has 0 spiro atoms. The first kappa shape index (κ1) is 16.4. The molecule has 0 saturated heterocycles. The van der Waals surface area contributed by atoms with Crippen molar-refractivity contribution in [1.29, 1.82) is 5.26 Å². The third kappa shape index (κ3) is 4.44. The SMILES string of the molecule is C[C@H](C#N)CN(C)S(=O)(=O)NCc1nc(N(C)C)no1. The van der Waals surface area contributed by atoms with Gasteiger partial charge in [0.15, 0.2) is 0 Å². The van der Waals surface area contributed by atoms with Crippen molar-refractivity contribution >= 4 is 16.2 Å². The Hall–Kier alpha value is -1.70. The molecular weight excluding hydrogens is 284 g/mol. The Morgan fingerprint density at radius 1 is 1.45 bits per heavy atom. The highest BCUT2D eigenvalue weighted by Crippen LogP contribution is 2.06. The summed E-state index contributed by atoms with van der Waals surface area (Å²) in [6, 6.07) is 1.98.